The van der Waals surface area contributed by atoms with Gasteiger partial charge in [-0.05, 0) is 76.1 Å². The van der Waals surface area contributed by atoms with Crippen molar-refractivity contribution in [2.75, 3.05) is 47.4 Å². The van der Waals surface area contributed by atoms with Crippen LogP contribution in [0.3, 0.4) is 0 Å². The van der Waals surface area contributed by atoms with Crippen molar-refractivity contribution >= 4 is 23.4 Å². The maximum absolute atomic E-state index is 14.0. The lowest BCUT2D eigenvalue weighted by Gasteiger charge is -2.40. The average molecular weight is 528 g/mol. The molecule has 3 saturated heterocycles. The average Bonchev–Trinajstić information content (AvgIpc) is 3.77. The molecule has 204 valence electrons. The number of fused-ring (bicyclic) bond motifs is 1. The van der Waals surface area contributed by atoms with Crippen molar-refractivity contribution in [2.24, 2.45) is 5.41 Å². The third-order valence-electron chi connectivity index (χ3n) is 9.38. The largest absolute Gasteiger partial charge is 0.356 e. The maximum Gasteiger partial charge on any atom is 0.260 e. The summed E-state index contributed by atoms with van der Waals surface area (Å²) in [5.74, 6) is 3.26. The lowest BCUT2D eigenvalue weighted by Crippen LogP contribution is -2.42. The van der Waals surface area contributed by atoms with Crippen LogP contribution in [0.5, 0.6) is 0 Å². The van der Waals surface area contributed by atoms with Gasteiger partial charge >= 0.3 is 0 Å². The SMILES string of the molecule is CCn1cnnc1-c1cccc(N2Cc3c(cc(N4CCC[C@H]4C)nc3N3CCC4(CCNC4)CC3)C2=O)n1. The monoisotopic (exact) mass is 527 g/mol. The van der Waals surface area contributed by atoms with Gasteiger partial charge in [0, 0.05) is 44.3 Å². The first kappa shape index (κ1) is 24.5. The van der Waals surface area contributed by atoms with Gasteiger partial charge in [-0.1, -0.05) is 6.07 Å². The Balaban J connectivity index is 1.24. The Hall–Kier alpha value is -3.53. The molecule has 1 atom stereocenters. The Morgan fingerprint density at radius 3 is 2.72 bits per heavy atom. The Kier molecular flexibility index (Phi) is 6.02. The van der Waals surface area contributed by atoms with E-state index in [1.165, 1.54) is 19.3 Å². The van der Waals surface area contributed by atoms with Gasteiger partial charge in [-0.2, -0.15) is 0 Å². The molecule has 0 aliphatic carbocycles. The summed E-state index contributed by atoms with van der Waals surface area (Å²) in [7, 11) is 0. The number of hydrogen-bond donors (Lipinski definition) is 1. The number of pyridine rings is 2. The minimum Gasteiger partial charge on any atom is -0.356 e. The van der Waals surface area contributed by atoms with E-state index in [0.717, 1.165) is 74.9 Å². The zero-order valence-electron chi connectivity index (χ0n) is 22.9. The van der Waals surface area contributed by atoms with Crippen LogP contribution in [-0.2, 0) is 13.1 Å². The van der Waals surface area contributed by atoms with E-state index in [0.29, 0.717) is 35.3 Å². The molecule has 0 unspecified atom stereocenters. The molecule has 10 nitrogen and oxygen atoms in total. The number of carbonyl (C=O) groups excluding carboxylic acids is 1. The summed E-state index contributed by atoms with van der Waals surface area (Å²) in [6.45, 7) is 10.7. The van der Waals surface area contributed by atoms with Gasteiger partial charge in [-0.15, -0.1) is 10.2 Å². The number of amides is 1. The summed E-state index contributed by atoms with van der Waals surface area (Å²) in [5.41, 5.74) is 2.93. The second-order valence-corrected chi connectivity index (χ2v) is 11.6. The summed E-state index contributed by atoms with van der Waals surface area (Å²) >= 11 is 0. The van der Waals surface area contributed by atoms with E-state index in [9.17, 15) is 4.79 Å². The standard InChI is InChI=1S/C29H37N9O/c1-3-35-19-31-34-27(35)23-7-4-8-24(32-23)38-17-22-21(28(38)39)16-25(37-13-5-6-20(37)2)33-26(22)36-14-10-29(11-15-36)9-12-30-18-29/h4,7-8,16,19-20,30H,3,5-6,9-15,17-18H2,1-2H3/t20-/m1/s1. The minimum absolute atomic E-state index is 0.00293. The van der Waals surface area contributed by atoms with Crippen molar-refractivity contribution in [3.05, 3.63) is 41.7 Å². The van der Waals surface area contributed by atoms with Crippen molar-refractivity contribution in [3.63, 3.8) is 0 Å². The lowest BCUT2D eigenvalue weighted by molar-refractivity contribution is 0.0996. The smallest absolute Gasteiger partial charge is 0.260 e. The van der Waals surface area contributed by atoms with E-state index in [1.807, 2.05) is 28.8 Å². The van der Waals surface area contributed by atoms with Crippen LogP contribution >= 0.6 is 0 Å². The van der Waals surface area contributed by atoms with E-state index in [-0.39, 0.29) is 5.91 Å². The number of rotatable bonds is 5. The molecule has 3 aromatic rings. The number of carbonyl (C=O) groups is 1. The molecule has 0 saturated carbocycles. The fourth-order valence-corrected chi connectivity index (χ4v) is 6.93. The van der Waals surface area contributed by atoms with Crippen molar-refractivity contribution in [3.8, 4) is 11.5 Å². The number of piperidine rings is 1. The van der Waals surface area contributed by atoms with Gasteiger partial charge in [0.2, 0.25) is 0 Å². The second-order valence-electron chi connectivity index (χ2n) is 11.6. The summed E-state index contributed by atoms with van der Waals surface area (Å²) < 4.78 is 1.96. The Bertz CT molecular complexity index is 1390. The minimum atomic E-state index is -0.00293. The third kappa shape index (κ3) is 4.16. The van der Waals surface area contributed by atoms with Crippen LogP contribution in [0.25, 0.3) is 11.5 Å². The van der Waals surface area contributed by atoms with Crippen molar-refractivity contribution in [2.45, 2.75) is 65.1 Å². The van der Waals surface area contributed by atoms with Crippen LogP contribution in [0.2, 0.25) is 0 Å². The van der Waals surface area contributed by atoms with E-state index in [1.54, 1.807) is 11.2 Å². The van der Waals surface area contributed by atoms with Gasteiger partial charge in [0.1, 0.15) is 29.5 Å². The molecule has 10 heteroatoms. The number of anilines is 3. The highest BCUT2D eigenvalue weighted by Gasteiger charge is 2.40. The molecule has 4 aliphatic rings. The van der Waals surface area contributed by atoms with E-state index in [2.05, 4.69) is 39.2 Å². The summed E-state index contributed by atoms with van der Waals surface area (Å²) in [6, 6.07) is 8.24. The molecule has 3 aromatic heterocycles. The van der Waals surface area contributed by atoms with Crippen molar-refractivity contribution < 1.29 is 4.79 Å². The highest BCUT2D eigenvalue weighted by Crippen LogP contribution is 2.42. The first-order valence-electron chi connectivity index (χ1n) is 14.5. The van der Waals surface area contributed by atoms with Gasteiger partial charge in [0.25, 0.3) is 5.91 Å². The quantitative estimate of drug-likeness (QED) is 0.539. The molecule has 1 amide bonds. The number of hydrogen-bond acceptors (Lipinski definition) is 8. The normalized spacial score (nSPS) is 22.4. The highest BCUT2D eigenvalue weighted by molar-refractivity contribution is 6.11. The molecule has 0 bridgehead atoms. The molecule has 4 aliphatic heterocycles. The molecule has 0 radical (unpaired) electrons. The molecule has 7 heterocycles. The predicted molar refractivity (Wildman–Crippen MR) is 151 cm³/mol. The van der Waals surface area contributed by atoms with Gasteiger partial charge in [-0.3, -0.25) is 9.69 Å². The molecular weight excluding hydrogens is 490 g/mol. The maximum atomic E-state index is 14.0. The fourth-order valence-electron chi connectivity index (χ4n) is 6.93. The first-order valence-corrected chi connectivity index (χ1v) is 14.5. The molecule has 7 rings (SSSR count). The number of nitrogens with zero attached hydrogens (tertiary/aromatic N) is 8. The molecule has 3 fully saturated rings. The number of aryl methyl sites for hydroxylation is 1. The predicted octanol–water partition coefficient (Wildman–Crippen LogP) is 3.48. The second kappa shape index (κ2) is 9.59. The highest BCUT2D eigenvalue weighted by atomic mass is 16.2. The zero-order chi connectivity index (χ0) is 26.6. The van der Waals surface area contributed by atoms with Gasteiger partial charge in [0.05, 0.1) is 12.1 Å². The van der Waals surface area contributed by atoms with Gasteiger partial charge in [-0.25, -0.2) is 9.97 Å². The fraction of sp³-hybridized carbons (Fsp3) is 0.552. The van der Waals surface area contributed by atoms with E-state index < -0.39 is 0 Å². The van der Waals surface area contributed by atoms with Gasteiger partial charge < -0.3 is 19.7 Å². The van der Waals surface area contributed by atoms with Crippen LogP contribution in [0.1, 0.15) is 61.9 Å². The Labute approximate surface area is 229 Å². The third-order valence-corrected chi connectivity index (χ3v) is 9.38. The summed E-state index contributed by atoms with van der Waals surface area (Å²) in [4.78, 5) is 30.8. The summed E-state index contributed by atoms with van der Waals surface area (Å²) in [6.07, 6.45) is 7.63. The van der Waals surface area contributed by atoms with Crippen LogP contribution < -0.4 is 20.0 Å². The van der Waals surface area contributed by atoms with Crippen LogP contribution in [-0.4, -0.2) is 69.4 Å². The van der Waals surface area contributed by atoms with Crippen LogP contribution in [0.4, 0.5) is 17.5 Å². The Morgan fingerprint density at radius 1 is 1.10 bits per heavy atom. The van der Waals surface area contributed by atoms with Crippen molar-refractivity contribution in [1.82, 2.24) is 30.0 Å². The molecule has 39 heavy (non-hydrogen) atoms. The number of nitrogens with one attached hydrogen (secondary N) is 1. The molecule has 1 spiro atoms. The topological polar surface area (TPSA) is 95.3 Å². The molecular formula is C29H37N9O. The van der Waals surface area contributed by atoms with Crippen molar-refractivity contribution in [1.29, 1.82) is 0 Å². The molecule has 0 aromatic carbocycles. The van der Waals surface area contributed by atoms with Crippen LogP contribution in [0.15, 0.2) is 30.6 Å². The first-order chi connectivity index (χ1) is 19.0. The Morgan fingerprint density at radius 2 is 1.97 bits per heavy atom. The zero-order valence-corrected chi connectivity index (χ0v) is 22.9. The molecule has 1 N–H and O–H groups in total. The lowest BCUT2D eigenvalue weighted by atomic mass is 9.78. The van der Waals surface area contributed by atoms with E-state index in [4.69, 9.17) is 9.97 Å². The van der Waals surface area contributed by atoms with Crippen LogP contribution in [0, 0.1) is 5.41 Å². The van der Waals surface area contributed by atoms with Gasteiger partial charge in [0.15, 0.2) is 5.82 Å². The van der Waals surface area contributed by atoms with E-state index >= 15 is 0 Å². The number of aromatic nitrogens is 5. The summed E-state index contributed by atoms with van der Waals surface area (Å²) in [5, 5.41) is 11.9.